The van der Waals surface area contributed by atoms with Crippen molar-refractivity contribution in [2.24, 2.45) is 0 Å². The van der Waals surface area contributed by atoms with Crippen molar-refractivity contribution in [3.8, 4) is 45.5 Å². The van der Waals surface area contributed by atoms with Crippen LogP contribution >= 0.6 is 0 Å². The minimum Gasteiger partial charge on any atom is -0.497 e. The smallest absolute Gasteiger partial charge is 0.307 e. The molecular weight excluding hydrogens is 1050 g/mol. The van der Waals surface area contributed by atoms with E-state index in [0.717, 1.165) is 44.3 Å². The molecule has 26 heteroatoms. The van der Waals surface area contributed by atoms with Crippen molar-refractivity contribution in [1.82, 2.24) is 43.0 Å². The van der Waals surface area contributed by atoms with Gasteiger partial charge in [0.15, 0.2) is 0 Å². The van der Waals surface area contributed by atoms with Gasteiger partial charge in [-0.1, -0.05) is 0 Å². The molecule has 0 saturated carbocycles. The van der Waals surface area contributed by atoms with Crippen LogP contribution in [0.4, 0.5) is 46.0 Å². The fraction of sp³-hybridized carbons (Fsp3) is 0.333. The fourth-order valence-electron chi connectivity index (χ4n) is 8.57. The molecule has 0 unspecified atom stereocenters. The Morgan fingerprint density at radius 1 is 0.613 bits per heavy atom. The second kappa shape index (κ2) is 24.9. The number of hydrogen-bond acceptors (Lipinski definition) is 20. The molecule has 8 aromatic rings. The molecule has 0 atom stereocenters. The zero-order chi connectivity index (χ0) is 58.3. The Bertz CT molecular complexity index is 3680. The number of nitrogens with one attached hydrogen (secondary N) is 3. The molecule has 4 heterocycles. The summed E-state index contributed by atoms with van der Waals surface area (Å²) >= 11 is 0. The zero-order valence-electron chi connectivity index (χ0n) is 47.3. The summed E-state index contributed by atoms with van der Waals surface area (Å²) in [6.45, 7) is 6.38. The Balaban J connectivity index is 0.000000234. The lowest BCUT2D eigenvalue weighted by Crippen LogP contribution is -2.29. The number of fused-ring (bicyclic) bond motifs is 2. The van der Waals surface area contributed by atoms with Gasteiger partial charge in [-0.2, -0.15) is 12.7 Å². The van der Waals surface area contributed by atoms with Crippen molar-refractivity contribution in [2.75, 3.05) is 131 Å². The van der Waals surface area contributed by atoms with Crippen molar-refractivity contribution in [2.45, 2.75) is 13.8 Å². The summed E-state index contributed by atoms with van der Waals surface area (Å²) in [7, 11) is 16.6. The molecule has 0 saturated heterocycles. The van der Waals surface area contributed by atoms with Gasteiger partial charge in [-0.25, -0.2) is 23.9 Å². The van der Waals surface area contributed by atoms with E-state index in [4.69, 9.17) is 28.9 Å². The number of rotatable bonds is 22. The van der Waals surface area contributed by atoms with Crippen molar-refractivity contribution < 1.29 is 37.2 Å². The first-order chi connectivity index (χ1) is 38.0. The highest BCUT2D eigenvalue weighted by Crippen LogP contribution is 2.42. The van der Waals surface area contributed by atoms with Crippen LogP contribution in [0, 0.1) is 34.1 Å². The van der Waals surface area contributed by atoms with Gasteiger partial charge in [-0.05, 0) is 77.4 Å². The summed E-state index contributed by atoms with van der Waals surface area (Å²) in [4.78, 5) is 52.4. The van der Waals surface area contributed by atoms with Crippen molar-refractivity contribution in [3.05, 3.63) is 117 Å². The second-order valence-corrected chi connectivity index (χ2v) is 21.4. The number of aromatic nitrogens is 6. The molecule has 0 amide bonds. The van der Waals surface area contributed by atoms with Gasteiger partial charge in [0.1, 0.15) is 34.4 Å². The quantitative estimate of drug-likeness (QED) is 0.0425. The predicted octanol–water partition coefficient (Wildman–Crippen LogP) is 8.33. The van der Waals surface area contributed by atoms with Crippen LogP contribution in [0.1, 0.15) is 11.1 Å². The summed E-state index contributed by atoms with van der Waals surface area (Å²) < 4.78 is 50.6. The van der Waals surface area contributed by atoms with E-state index in [1.165, 1.54) is 57.7 Å². The molecule has 0 aliphatic heterocycles. The number of nitro groups is 2. The summed E-state index contributed by atoms with van der Waals surface area (Å²) in [6.07, 6.45) is 6.73. The fourth-order valence-corrected chi connectivity index (χ4v) is 9.56. The number of nitrogens with zero attached hydrogens (tertiary/aromatic N) is 12. The third-order valence-corrected chi connectivity index (χ3v) is 14.8. The van der Waals surface area contributed by atoms with Crippen LogP contribution in [0.15, 0.2) is 85.5 Å². The van der Waals surface area contributed by atoms with Crippen molar-refractivity contribution in [3.63, 3.8) is 0 Å². The molecule has 3 N–H and O–H groups in total. The van der Waals surface area contributed by atoms with E-state index in [1.54, 1.807) is 61.8 Å². The monoisotopic (exact) mass is 1120 g/mol. The highest BCUT2D eigenvalue weighted by atomic mass is 32.2. The normalized spacial score (nSPS) is 11.5. The Labute approximate surface area is 464 Å². The summed E-state index contributed by atoms with van der Waals surface area (Å²) in [5, 5.41) is 31.8. The van der Waals surface area contributed by atoms with E-state index in [9.17, 15) is 28.6 Å². The minimum atomic E-state index is -3.88. The van der Waals surface area contributed by atoms with E-state index < -0.39 is 20.1 Å². The van der Waals surface area contributed by atoms with Crippen LogP contribution in [0.25, 0.3) is 44.3 Å². The van der Waals surface area contributed by atoms with Crippen molar-refractivity contribution in [1.29, 1.82) is 0 Å². The first kappa shape index (κ1) is 58.8. The molecule has 0 fully saturated rings. The molecule has 0 aliphatic carbocycles. The van der Waals surface area contributed by atoms with Crippen LogP contribution in [0.5, 0.6) is 23.0 Å². The number of nitro benzene ring substituents is 2. The highest BCUT2D eigenvalue weighted by Gasteiger charge is 2.27. The molecule has 4 aromatic carbocycles. The van der Waals surface area contributed by atoms with E-state index >= 15 is 0 Å². The molecule has 8 rings (SSSR count). The number of ether oxygens (including phenoxy) is 4. The number of likely N-dealkylation sites (N-methyl/N-ethyl adjacent to an activating group) is 4. The molecule has 0 radical (unpaired) electrons. The summed E-state index contributed by atoms with van der Waals surface area (Å²) in [6, 6.07) is 17.1. The van der Waals surface area contributed by atoms with Gasteiger partial charge in [-0.15, -0.1) is 0 Å². The van der Waals surface area contributed by atoms with Crippen LogP contribution in [0.2, 0.25) is 0 Å². The number of aromatic amines is 1. The Kier molecular flexibility index (Phi) is 18.3. The van der Waals surface area contributed by atoms with Gasteiger partial charge in [0.2, 0.25) is 11.9 Å². The maximum atomic E-state index is 13.2. The number of H-pyrrole nitrogens is 1. The van der Waals surface area contributed by atoms with Crippen LogP contribution < -0.4 is 39.4 Å². The molecule has 0 spiro atoms. The molecule has 0 bridgehead atoms. The number of benzene rings is 4. The molecule has 424 valence electrons. The van der Waals surface area contributed by atoms with E-state index in [1.807, 2.05) is 88.2 Å². The van der Waals surface area contributed by atoms with Crippen LogP contribution in [0.3, 0.4) is 0 Å². The van der Waals surface area contributed by atoms with Gasteiger partial charge in [0.25, 0.3) is 11.4 Å². The number of aryl methyl sites for hydroxylation is 2. The van der Waals surface area contributed by atoms with E-state index in [-0.39, 0.29) is 17.3 Å². The maximum absolute atomic E-state index is 13.2. The average Bonchev–Trinajstić information content (AvgIpc) is 4.07. The Hall–Kier alpha value is -8.85. The zero-order valence-corrected chi connectivity index (χ0v) is 48.1. The lowest BCUT2D eigenvalue weighted by atomic mass is 10.1. The van der Waals surface area contributed by atoms with Gasteiger partial charge >= 0.3 is 10.2 Å². The van der Waals surface area contributed by atoms with Gasteiger partial charge in [-0.3, -0.25) is 20.2 Å². The second-order valence-electron chi connectivity index (χ2n) is 19.4. The Morgan fingerprint density at radius 2 is 1.07 bits per heavy atom. The number of anilines is 6. The summed E-state index contributed by atoms with van der Waals surface area (Å²) in [5.74, 6) is 2.51. The van der Waals surface area contributed by atoms with E-state index in [2.05, 4.69) is 25.6 Å². The molecule has 4 aromatic heterocycles. The molecule has 80 heavy (non-hydrogen) atoms. The predicted molar refractivity (Wildman–Crippen MR) is 312 cm³/mol. The maximum Gasteiger partial charge on any atom is 0.307 e. The molecular formula is C54H67N15O10S. The first-order valence-electron chi connectivity index (χ1n) is 24.9. The lowest BCUT2D eigenvalue weighted by Gasteiger charge is -2.22. The van der Waals surface area contributed by atoms with Gasteiger partial charge in [0, 0.05) is 143 Å². The lowest BCUT2D eigenvalue weighted by molar-refractivity contribution is -0.384. The largest absolute Gasteiger partial charge is 0.497 e. The van der Waals surface area contributed by atoms with E-state index in [0.29, 0.717) is 93.3 Å². The molecule has 25 nitrogen and oxygen atoms in total. The van der Waals surface area contributed by atoms with Gasteiger partial charge in [0.05, 0.1) is 66.6 Å². The SMILES string of the molecule is COc1ccc2c(-c3nc(Nc4cc([N+](=O)[O-])c(N(C)CCN(C)C)cc4OC)ncc3C)c[nH]c2c1.COc1ccc2c(-c3nc(Nc4cc([N+](=O)[O-])c(N(C)CCN(C)C)cc4OC)ncc3C)cn(S(=O)(=O)N(C)C)c2c1. The third-order valence-electron chi connectivity index (χ3n) is 13.1. The van der Waals surface area contributed by atoms with Gasteiger partial charge < -0.3 is 54.2 Å². The summed E-state index contributed by atoms with van der Waals surface area (Å²) in [5.41, 5.74) is 7.04. The van der Waals surface area contributed by atoms with Crippen LogP contribution in [-0.2, 0) is 10.2 Å². The Morgan fingerprint density at radius 3 is 1.51 bits per heavy atom. The molecule has 0 aliphatic rings. The van der Waals surface area contributed by atoms with Crippen molar-refractivity contribution >= 4 is 78.0 Å². The minimum absolute atomic E-state index is 0.0394. The average molecular weight is 1120 g/mol. The van der Waals surface area contributed by atoms with Crippen LogP contribution in [-0.4, -0.2) is 172 Å². The third kappa shape index (κ3) is 12.8. The number of methoxy groups -OCH3 is 4. The highest BCUT2D eigenvalue weighted by molar-refractivity contribution is 7.87. The topological polar surface area (TPSA) is 270 Å². The number of hydrogen-bond donors (Lipinski definition) is 3. The standard InChI is InChI=1S/C28H36N8O6S.C26H31N7O4/c1-18-16-29-28(30-22-14-25(36(37)38)24(15-26(22)42-8)34(6)12-11-32(2)3)31-27(18)21-17-35(43(39,40)33(4)5)23-13-19(41-7)9-10-20(21)23;1-16-14-28-26(30-25(16)19-15-27-20-11-17(36-5)7-8-18(19)20)29-21-12-23(33(34)35)22(13-24(21)37-6)32(4)10-9-31(2)3/h9-10,13-17H,11-12H2,1-8H3,(H,29,30,31);7-8,11-15,27H,9-10H2,1-6H3,(H,28,29,30). The first-order valence-corrected chi connectivity index (χ1v) is 26.3.